The summed E-state index contributed by atoms with van der Waals surface area (Å²) in [4.78, 5) is 23.6. The maximum absolute atomic E-state index is 12.0. The molecule has 0 aliphatic rings. The van der Waals surface area contributed by atoms with Gasteiger partial charge in [0.05, 0.1) is 13.0 Å². The van der Waals surface area contributed by atoms with E-state index in [2.05, 4.69) is 0 Å². The van der Waals surface area contributed by atoms with Gasteiger partial charge in [0.2, 0.25) is 0 Å². The number of hydrogen-bond acceptors (Lipinski definition) is 3. The minimum atomic E-state index is -0.143. The van der Waals surface area contributed by atoms with Crippen LogP contribution < -0.4 is 0 Å². The lowest BCUT2D eigenvalue weighted by molar-refractivity contribution is -0.119. The molecular formula is C18H18O3. The molecule has 2 aromatic rings. The van der Waals surface area contributed by atoms with Crippen LogP contribution in [0.4, 0.5) is 0 Å². The van der Waals surface area contributed by atoms with Crippen LogP contribution >= 0.6 is 0 Å². The summed E-state index contributed by atoms with van der Waals surface area (Å²) in [5.41, 5.74) is 2.73. The van der Waals surface area contributed by atoms with E-state index in [9.17, 15) is 9.59 Å². The summed E-state index contributed by atoms with van der Waals surface area (Å²) >= 11 is 0. The molecule has 0 atom stereocenters. The van der Waals surface area contributed by atoms with Gasteiger partial charge in [-0.15, -0.1) is 0 Å². The van der Waals surface area contributed by atoms with Crippen LogP contribution in [0.1, 0.15) is 23.2 Å². The number of hydrogen-bond donors (Lipinski definition) is 0. The SMILES string of the molecule is COCCC(=O)CC(=O)c1ccc(-c2ccccc2)cc1. The average molecular weight is 282 g/mol. The Kier molecular flexibility index (Phi) is 5.41. The van der Waals surface area contributed by atoms with E-state index in [1.165, 1.54) is 7.11 Å². The molecule has 0 spiro atoms. The van der Waals surface area contributed by atoms with Crippen LogP contribution in [0.25, 0.3) is 11.1 Å². The minimum absolute atomic E-state index is 0.0615. The van der Waals surface area contributed by atoms with Gasteiger partial charge in [-0.05, 0) is 11.1 Å². The first kappa shape index (κ1) is 15.1. The summed E-state index contributed by atoms with van der Waals surface area (Å²) in [5.74, 6) is -0.232. The van der Waals surface area contributed by atoms with Crippen molar-refractivity contribution in [3.05, 3.63) is 60.2 Å². The van der Waals surface area contributed by atoms with Crippen molar-refractivity contribution in [3.8, 4) is 11.1 Å². The molecule has 0 aliphatic heterocycles. The largest absolute Gasteiger partial charge is 0.384 e. The van der Waals surface area contributed by atoms with Gasteiger partial charge >= 0.3 is 0 Å². The fourth-order valence-corrected chi connectivity index (χ4v) is 2.06. The van der Waals surface area contributed by atoms with E-state index in [1.807, 2.05) is 42.5 Å². The number of Topliss-reactive ketones (excluding diaryl/α,β-unsaturated/α-hetero) is 2. The number of ether oxygens (including phenoxy) is 1. The average Bonchev–Trinajstić information content (AvgIpc) is 2.54. The summed E-state index contributed by atoms with van der Waals surface area (Å²) < 4.78 is 4.83. The van der Waals surface area contributed by atoms with Crippen molar-refractivity contribution in [2.45, 2.75) is 12.8 Å². The maximum Gasteiger partial charge on any atom is 0.170 e. The molecule has 0 aromatic heterocycles. The number of methoxy groups -OCH3 is 1. The molecule has 3 heteroatoms. The van der Waals surface area contributed by atoms with Crippen LogP contribution in [0.3, 0.4) is 0 Å². The first-order valence-electron chi connectivity index (χ1n) is 6.90. The van der Waals surface area contributed by atoms with E-state index in [-0.39, 0.29) is 24.4 Å². The lowest BCUT2D eigenvalue weighted by atomic mass is 10.0. The van der Waals surface area contributed by atoms with E-state index in [1.54, 1.807) is 12.1 Å². The van der Waals surface area contributed by atoms with Crippen LogP contribution in [-0.2, 0) is 9.53 Å². The van der Waals surface area contributed by atoms with E-state index in [0.29, 0.717) is 12.2 Å². The topological polar surface area (TPSA) is 43.4 Å². The zero-order chi connectivity index (χ0) is 15.1. The molecule has 0 fully saturated rings. The van der Waals surface area contributed by atoms with Crippen LogP contribution in [0.5, 0.6) is 0 Å². The van der Waals surface area contributed by atoms with E-state index in [4.69, 9.17) is 4.74 Å². The Balaban J connectivity index is 2.02. The highest BCUT2D eigenvalue weighted by Gasteiger charge is 2.11. The van der Waals surface area contributed by atoms with Gasteiger partial charge in [0, 0.05) is 19.1 Å². The molecule has 0 unspecified atom stereocenters. The van der Waals surface area contributed by atoms with Crippen molar-refractivity contribution in [2.24, 2.45) is 0 Å². The van der Waals surface area contributed by atoms with Crippen molar-refractivity contribution in [1.82, 2.24) is 0 Å². The summed E-state index contributed by atoms with van der Waals surface area (Å²) in [7, 11) is 1.54. The van der Waals surface area contributed by atoms with Gasteiger partial charge in [-0.25, -0.2) is 0 Å². The number of rotatable bonds is 7. The molecule has 2 rings (SSSR count). The summed E-state index contributed by atoms with van der Waals surface area (Å²) in [6.45, 7) is 0.360. The predicted molar refractivity (Wildman–Crippen MR) is 82.3 cm³/mol. The smallest absolute Gasteiger partial charge is 0.170 e. The molecule has 0 saturated carbocycles. The number of carbonyl (C=O) groups excluding carboxylic acids is 2. The molecule has 0 aliphatic carbocycles. The normalized spacial score (nSPS) is 10.3. The number of carbonyl (C=O) groups is 2. The van der Waals surface area contributed by atoms with E-state index >= 15 is 0 Å². The molecule has 3 nitrogen and oxygen atoms in total. The Morgan fingerprint density at radius 2 is 1.52 bits per heavy atom. The zero-order valence-electron chi connectivity index (χ0n) is 12.0. The quantitative estimate of drug-likeness (QED) is 0.576. The van der Waals surface area contributed by atoms with Crippen LogP contribution in [0.15, 0.2) is 54.6 Å². The zero-order valence-corrected chi connectivity index (χ0v) is 12.0. The third-order valence-electron chi connectivity index (χ3n) is 3.26. The van der Waals surface area contributed by atoms with Gasteiger partial charge in [0.25, 0.3) is 0 Å². The standard InChI is InChI=1S/C18H18O3/c1-21-12-11-17(19)13-18(20)16-9-7-15(8-10-16)14-5-3-2-4-6-14/h2-10H,11-13H2,1H3. The Morgan fingerprint density at radius 3 is 2.14 bits per heavy atom. The third-order valence-corrected chi connectivity index (χ3v) is 3.26. The maximum atomic E-state index is 12.0. The van der Waals surface area contributed by atoms with Crippen LogP contribution in [-0.4, -0.2) is 25.3 Å². The second-order valence-electron chi connectivity index (χ2n) is 4.82. The highest BCUT2D eigenvalue weighted by Crippen LogP contribution is 2.19. The van der Waals surface area contributed by atoms with E-state index < -0.39 is 0 Å². The summed E-state index contributed by atoms with van der Waals surface area (Å²) in [6.07, 6.45) is 0.221. The van der Waals surface area contributed by atoms with Crippen LogP contribution in [0.2, 0.25) is 0 Å². The van der Waals surface area contributed by atoms with Gasteiger partial charge < -0.3 is 4.74 Å². The highest BCUT2D eigenvalue weighted by molar-refractivity contribution is 6.08. The van der Waals surface area contributed by atoms with Crippen molar-refractivity contribution < 1.29 is 14.3 Å². The Morgan fingerprint density at radius 1 is 0.905 bits per heavy atom. The lowest BCUT2D eigenvalue weighted by Gasteiger charge is -2.04. The first-order valence-corrected chi connectivity index (χ1v) is 6.90. The van der Waals surface area contributed by atoms with Crippen molar-refractivity contribution in [1.29, 1.82) is 0 Å². The Hall–Kier alpha value is -2.26. The fourth-order valence-electron chi connectivity index (χ4n) is 2.06. The van der Waals surface area contributed by atoms with Crippen molar-refractivity contribution in [2.75, 3.05) is 13.7 Å². The van der Waals surface area contributed by atoms with Gasteiger partial charge in [0.15, 0.2) is 5.78 Å². The van der Waals surface area contributed by atoms with Crippen molar-refractivity contribution >= 4 is 11.6 Å². The molecule has 0 bridgehead atoms. The molecule has 0 N–H and O–H groups in total. The lowest BCUT2D eigenvalue weighted by Crippen LogP contribution is -2.10. The fraction of sp³-hybridized carbons (Fsp3) is 0.222. The summed E-state index contributed by atoms with van der Waals surface area (Å²) in [5, 5.41) is 0. The molecule has 0 saturated heterocycles. The van der Waals surface area contributed by atoms with E-state index in [0.717, 1.165) is 11.1 Å². The Bertz CT molecular complexity index is 600. The second kappa shape index (κ2) is 7.50. The highest BCUT2D eigenvalue weighted by atomic mass is 16.5. The predicted octanol–water partition coefficient (Wildman–Crippen LogP) is 3.53. The third kappa shape index (κ3) is 4.36. The number of ketones is 2. The molecular weight excluding hydrogens is 264 g/mol. The monoisotopic (exact) mass is 282 g/mol. The summed E-state index contributed by atoms with van der Waals surface area (Å²) in [6, 6.07) is 17.3. The second-order valence-corrected chi connectivity index (χ2v) is 4.82. The van der Waals surface area contributed by atoms with Gasteiger partial charge in [-0.3, -0.25) is 9.59 Å². The molecule has 2 aromatic carbocycles. The molecule has 0 amide bonds. The number of benzene rings is 2. The van der Waals surface area contributed by atoms with Gasteiger partial charge in [0.1, 0.15) is 5.78 Å². The van der Waals surface area contributed by atoms with Crippen LogP contribution in [0, 0.1) is 0 Å². The molecule has 108 valence electrons. The minimum Gasteiger partial charge on any atom is -0.384 e. The molecule has 0 heterocycles. The van der Waals surface area contributed by atoms with Crippen molar-refractivity contribution in [3.63, 3.8) is 0 Å². The first-order chi connectivity index (χ1) is 10.2. The molecule has 0 radical (unpaired) electrons. The Labute approximate surface area is 124 Å². The van der Waals surface area contributed by atoms with Gasteiger partial charge in [-0.2, -0.15) is 0 Å². The van der Waals surface area contributed by atoms with Gasteiger partial charge in [-0.1, -0.05) is 54.6 Å². The molecule has 21 heavy (non-hydrogen) atoms.